The first-order valence-corrected chi connectivity index (χ1v) is 8.58. The van der Waals surface area contributed by atoms with Gasteiger partial charge in [0.25, 0.3) is 5.91 Å². The molecule has 0 bridgehead atoms. The molecule has 2 aromatic carbocycles. The van der Waals surface area contributed by atoms with Gasteiger partial charge in [-0.05, 0) is 36.4 Å². The van der Waals surface area contributed by atoms with Crippen LogP contribution in [0.4, 0.5) is 11.4 Å². The largest absolute Gasteiger partial charge is 0.495 e. The Bertz CT molecular complexity index is 966. The smallest absolute Gasteiger partial charge is 0.291 e. The lowest BCUT2D eigenvalue weighted by Crippen LogP contribution is -2.15. The van der Waals surface area contributed by atoms with E-state index in [9.17, 15) is 9.59 Å². The van der Waals surface area contributed by atoms with Gasteiger partial charge in [-0.3, -0.25) is 9.59 Å². The number of amides is 2. The summed E-state index contributed by atoms with van der Waals surface area (Å²) < 4.78 is 16.3. The Morgan fingerprint density at radius 1 is 1.04 bits per heavy atom. The van der Waals surface area contributed by atoms with Crippen LogP contribution >= 0.6 is 0 Å². The molecule has 0 aliphatic heterocycles. The number of nitrogens with one attached hydrogen (secondary N) is 2. The number of hydrogen-bond acceptors (Lipinski definition) is 5. The molecule has 144 valence electrons. The molecule has 3 aromatic rings. The third kappa shape index (κ3) is 4.70. The quantitative estimate of drug-likeness (QED) is 0.645. The first-order chi connectivity index (χ1) is 13.6. The Morgan fingerprint density at radius 3 is 2.54 bits per heavy atom. The number of para-hydroxylation sites is 1. The van der Waals surface area contributed by atoms with Crippen molar-refractivity contribution in [3.8, 4) is 11.5 Å². The molecule has 0 aliphatic rings. The standard InChI is InChI=1S/C21H20N2O5/c1-14(24)22-16-8-9-19(26-2)18(12-16)23-21(25)20-15(10-11-27-20)13-28-17-6-4-3-5-7-17/h3-12H,13H2,1-2H3,(H,22,24)(H,23,25). The van der Waals surface area contributed by atoms with Crippen molar-refractivity contribution >= 4 is 23.2 Å². The van der Waals surface area contributed by atoms with Gasteiger partial charge in [-0.15, -0.1) is 0 Å². The molecule has 0 unspecified atom stereocenters. The van der Waals surface area contributed by atoms with Crippen molar-refractivity contribution in [3.63, 3.8) is 0 Å². The molecular weight excluding hydrogens is 360 g/mol. The second-order valence-corrected chi connectivity index (χ2v) is 5.93. The summed E-state index contributed by atoms with van der Waals surface area (Å²) in [7, 11) is 1.50. The molecule has 2 amide bonds. The summed E-state index contributed by atoms with van der Waals surface area (Å²) in [6.07, 6.45) is 1.43. The fraction of sp³-hybridized carbons (Fsp3) is 0.143. The topological polar surface area (TPSA) is 89.8 Å². The molecule has 2 N–H and O–H groups in total. The lowest BCUT2D eigenvalue weighted by molar-refractivity contribution is -0.114. The number of carbonyl (C=O) groups is 2. The maximum absolute atomic E-state index is 12.7. The highest BCUT2D eigenvalue weighted by Gasteiger charge is 2.18. The van der Waals surface area contributed by atoms with Gasteiger partial charge in [0.05, 0.1) is 19.1 Å². The SMILES string of the molecule is COc1ccc(NC(C)=O)cc1NC(=O)c1occc1COc1ccccc1. The van der Waals surface area contributed by atoms with E-state index in [1.807, 2.05) is 30.3 Å². The van der Waals surface area contributed by atoms with Crippen molar-refractivity contribution in [3.05, 3.63) is 72.2 Å². The molecule has 28 heavy (non-hydrogen) atoms. The van der Waals surface area contributed by atoms with Crippen LogP contribution in [0.15, 0.2) is 65.3 Å². The second kappa shape index (κ2) is 8.77. The lowest BCUT2D eigenvalue weighted by Gasteiger charge is -2.12. The number of furan rings is 1. The summed E-state index contributed by atoms with van der Waals surface area (Å²) in [6, 6.07) is 15.9. The molecule has 0 fully saturated rings. The molecule has 7 heteroatoms. The van der Waals surface area contributed by atoms with Gasteiger partial charge in [0.15, 0.2) is 5.76 Å². The Hall–Kier alpha value is -3.74. The molecular formula is C21H20N2O5. The number of anilines is 2. The molecule has 0 aliphatic carbocycles. The van der Waals surface area contributed by atoms with E-state index in [0.717, 1.165) is 0 Å². The van der Waals surface area contributed by atoms with Gasteiger partial charge in [-0.25, -0.2) is 0 Å². The molecule has 0 saturated carbocycles. The maximum atomic E-state index is 12.7. The molecule has 0 radical (unpaired) electrons. The predicted molar refractivity (Wildman–Crippen MR) is 105 cm³/mol. The molecule has 0 spiro atoms. The first-order valence-electron chi connectivity index (χ1n) is 8.58. The normalized spacial score (nSPS) is 10.2. The van der Waals surface area contributed by atoms with Crippen LogP contribution < -0.4 is 20.1 Å². The first kappa shape index (κ1) is 19.0. The number of rotatable bonds is 7. The highest BCUT2D eigenvalue weighted by atomic mass is 16.5. The van der Waals surface area contributed by atoms with Crippen LogP contribution in [0.1, 0.15) is 23.0 Å². The van der Waals surface area contributed by atoms with E-state index >= 15 is 0 Å². The fourth-order valence-electron chi connectivity index (χ4n) is 2.59. The molecule has 0 saturated heterocycles. The van der Waals surface area contributed by atoms with Gasteiger partial charge in [0.2, 0.25) is 5.91 Å². The van der Waals surface area contributed by atoms with Gasteiger partial charge in [-0.1, -0.05) is 18.2 Å². The Balaban J connectivity index is 1.75. The summed E-state index contributed by atoms with van der Waals surface area (Å²) in [4.78, 5) is 24.0. The van der Waals surface area contributed by atoms with Crippen molar-refractivity contribution in [1.29, 1.82) is 0 Å². The highest BCUT2D eigenvalue weighted by Crippen LogP contribution is 2.29. The number of hydrogen-bond donors (Lipinski definition) is 2. The predicted octanol–water partition coefficient (Wildman–Crippen LogP) is 4.08. The molecule has 1 aromatic heterocycles. The minimum absolute atomic E-state index is 0.142. The summed E-state index contributed by atoms with van der Waals surface area (Å²) in [5.74, 6) is 0.627. The Labute approximate surface area is 162 Å². The van der Waals surface area contributed by atoms with E-state index in [1.165, 1.54) is 20.3 Å². The van der Waals surface area contributed by atoms with Gasteiger partial charge in [0.1, 0.15) is 18.1 Å². The third-order valence-corrected chi connectivity index (χ3v) is 3.86. The van der Waals surface area contributed by atoms with Crippen LogP contribution in [0.2, 0.25) is 0 Å². The van der Waals surface area contributed by atoms with E-state index < -0.39 is 5.91 Å². The second-order valence-electron chi connectivity index (χ2n) is 5.93. The van der Waals surface area contributed by atoms with Gasteiger partial charge in [0, 0.05) is 18.2 Å². The van der Waals surface area contributed by atoms with Crippen LogP contribution in [-0.2, 0) is 11.4 Å². The number of ether oxygens (including phenoxy) is 2. The highest BCUT2D eigenvalue weighted by molar-refractivity contribution is 6.04. The lowest BCUT2D eigenvalue weighted by atomic mass is 10.2. The number of methoxy groups -OCH3 is 1. The van der Waals surface area contributed by atoms with Crippen LogP contribution in [0, 0.1) is 0 Å². The van der Waals surface area contributed by atoms with Crippen LogP contribution in [-0.4, -0.2) is 18.9 Å². The molecule has 0 atom stereocenters. The van der Waals surface area contributed by atoms with Crippen molar-refractivity contribution < 1.29 is 23.5 Å². The summed E-state index contributed by atoms with van der Waals surface area (Å²) in [6.45, 7) is 1.59. The Kier molecular flexibility index (Phi) is 5.96. The maximum Gasteiger partial charge on any atom is 0.291 e. The van der Waals surface area contributed by atoms with Crippen molar-refractivity contribution in [2.45, 2.75) is 13.5 Å². The van der Waals surface area contributed by atoms with Crippen molar-refractivity contribution in [2.75, 3.05) is 17.7 Å². The third-order valence-electron chi connectivity index (χ3n) is 3.86. The number of carbonyl (C=O) groups excluding carboxylic acids is 2. The fourth-order valence-corrected chi connectivity index (χ4v) is 2.59. The molecule has 7 nitrogen and oxygen atoms in total. The van der Waals surface area contributed by atoms with Crippen LogP contribution in [0.5, 0.6) is 11.5 Å². The Morgan fingerprint density at radius 2 is 1.82 bits per heavy atom. The molecule has 3 rings (SSSR count). The van der Waals surface area contributed by atoms with Gasteiger partial charge in [-0.2, -0.15) is 0 Å². The van der Waals surface area contributed by atoms with Crippen molar-refractivity contribution in [1.82, 2.24) is 0 Å². The van der Waals surface area contributed by atoms with Gasteiger partial charge >= 0.3 is 0 Å². The van der Waals surface area contributed by atoms with Crippen molar-refractivity contribution in [2.24, 2.45) is 0 Å². The van der Waals surface area contributed by atoms with E-state index in [1.54, 1.807) is 24.3 Å². The zero-order chi connectivity index (χ0) is 19.9. The van der Waals surface area contributed by atoms with Crippen LogP contribution in [0.3, 0.4) is 0 Å². The van der Waals surface area contributed by atoms with E-state index in [2.05, 4.69) is 10.6 Å². The van der Waals surface area contributed by atoms with Gasteiger partial charge < -0.3 is 24.5 Å². The van der Waals surface area contributed by atoms with Crippen LogP contribution in [0.25, 0.3) is 0 Å². The van der Waals surface area contributed by atoms with E-state index in [0.29, 0.717) is 28.4 Å². The summed E-state index contributed by atoms with van der Waals surface area (Å²) in [5.41, 5.74) is 1.55. The monoisotopic (exact) mass is 380 g/mol. The zero-order valence-corrected chi connectivity index (χ0v) is 15.5. The van der Waals surface area contributed by atoms with E-state index in [4.69, 9.17) is 13.9 Å². The summed E-state index contributed by atoms with van der Waals surface area (Å²) in [5, 5.41) is 5.42. The minimum Gasteiger partial charge on any atom is -0.495 e. The molecule has 1 heterocycles. The minimum atomic E-state index is -0.449. The summed E-state index contributed by atoms with van der Waals surface area (Å²) >= 11 is 0. The average molecular weight is 380 g/mol. The number of benzene rings is 2. The zero-order valence-electron chi connectivity index (χ0n) is 15.5. The average Bonchev–Trinajstić information content (AvgIpc) is 3.16. The van der Waals surface area contributed by atoms with E-state index in [-0.39, 0.29) is 18.3 Å².